The molecule has 1 aromatic heterocycles. The fourth-order valence-corrected chi connectivity index (χ4v) is 1.53. The van der Waals surface area contributed by atoms with Crippen molar-refractivity contribution in [1.82, 2.24) is 15.8 Å². The highest BCUT2D eigenvalue weighted by atomic mass is 16.7. The average molecular weight is 289 g/mol. The maximum absolute atomic E-state index is 10.9. The molecule has 0 atom stereocenters. The summed E-state index contributed by atoms with van der Waals surface area (Å²) in [4.78, 5) is 20.0. The van der Waals surface area contributed by atoms with Gasteiger partial charge >= 0.3 is 5.97 Å². The van der Waals surface area contributed by atoms with Crippen LogP contribution in [0.1, 0.15) is 23.7 Å². The third kappa shape index (κ3) is 3.56. The lowest BCUT2D eigenvalue weighted by Crippen LogP contribution is -2.27. The number of benzene rings is 1. The number of nitrogens with two attached hydrogens (primary N) is 1. The van der Waals surface area contributed by atoms with E-state index in [9.17, 15) is 4.79 Å². The number of carbonyl (C=O) groups is 1. The Morgan fingerprint density at radius 1 is 1.33 bits per heavy atom. The summed E-state index contributed by atoms with van der Waals surface area (Å²) in [6, 6.07) is 5.64. The fourth-order valence-electron chi connectivity index (χ4n) is 1.53. The molecule has 3 N–H and O–H groups in total. The molecule has 0 saturated carbocycles. The zero-order valence-electron chi connectivity index (χ0n) is 11.9. The first-order valence-corrected chi connectivity index (χ1v) is 6.15. The third-order valence-corrected chi connectivity index (χ3v) is 2.76. The van der Waals surface area contributed by atoms with Crippen molar-refractivity contribution < 1.29 is 14.3 Å². The minimum absolute atomic E-state index is 0.0391. The van der Waals surface area contributed by atoms with Crippen LogP contribution in [0.15, 0.2) is 27.8 Å². The summed E-state index contributed by atoms with van der Waals surface area (Å²) in [5.41, 5.74) is 11.1. The van der Waals surface area contributed by atoms with Gasteiger partial charge in [0, 0.05) is 6.92 Å². The Morgan fingerprint density at radius 3 is 2.67 bits per heavy atom. The number of carbonyl (C=O) groups excluding carboxylic acids is 1. The molecule has 2 aromatic rings. The molecule has 0 spiro atoms. The van der Waals surface area contributed by atoms with Crippen molar-refractivity contribution in [3.05, 3.63) is 35.0 Å². The minimum Gasteiger partial charge on any atom is -0.379 e. The quantitative estimate of drug-likeness (QED) is 0.488. The van der Waals surface area contributed by atoms with Crippen molar-refractivity contribution in [2.75, 3.05) is 5.73 Å². The number of aliphatic imine (C=N–C) groups is 1. The number of hydroxylamine groups is 1. The van der Waals surface area contributed by atoms with Gasteiger partial charge in [-0.05, 0) is 47.4 Å². The van der Waals surface area contributed by atoms with Crippen LogP contribution in [-0.4, -0.2) is 22.1 Å². The molecule has 0 aliphatic carbocycles. The summed E-state index contributed by atoms with van der Waals surface area (Å²) in [5.74, 6) is -0.359. The van der Waals surface area contributed by atoms with Crippen molar-refractivity contribution >= 4 is 23.3 Å². The molecule has 0 aliphatic rings. The first-order valence-electron chi connectivity index (χ1n) is 6.15. The SMILES string of the molecule is CC(=O)ONC(=Nc1ccc(C)c(C)c1)c1nonc1N. The van der Waals surface area contributed by atoms with E-state index in [0.717, 1.165) is 11.1 Å². The number of anilines is 1. The Balaban J connectivity index is 2.38. The first kappa shape index (κ1) is 14.5. The van der Waals surface area contributed by atoms with E-state index in [2.05, 4.69) is 25.4 Å². The second-order valence-electron chi connectivity index (χ2n) is 4.42. The zero-order valence-corrected chi connectivity index (χ0v) is 11.9. The molecule has 8 heteroatoms. The summed E-state index contributed by atoms with van der Waals surface area (Å²) in [7, 11) is 0. The van der Waals surface area contributed by atoms with Crippen molar-refractivity contribution in [3.63, 3.8) is 0 Å². The summed E-state index contributed by atoms with van der Waals surface area (Å²) in [6.07, 6.45) is 0. The van der Waals surface area contributed by atoms with Crippen LogP contribution in [0.5, 0.6) is 0 Å². The molecule has 21 heavy (non-hydrogen) atoms. The lowest BCUT2D eigenvalue weighted by molar-refractivity contribution is -0.145. The van der Waals surface area contributed by atoms with Crippen LogP contribution < -0.4 is 11.2 Å². The van der Waals surface area contributed by atoms with Crippen molar-refractivity contribution in [1.29, 1.82) is 0 Å². The van der Waals surface area contributed by atoms with E-state index in [-0.39, 0.29) is 17.3 Å². The van der Waals surface area contributed by atoms with Gasteiger partial charge in [0.05, 0.1) is 5.69 Å². The normalized spacial score (nSPS) is 11.3. The molecule has 0 saturated heterocycles. The Labute approximate surface area is 120 Å². The van der Waals surface area contributed by atoms with Crippen molar-refractivity contribution in [2.45, 2.75) is 20.8 Å². The van der Waals surface area contributed by atoms with Crippen LogP contribution in [0.2, 0.25) is 0 Å². The molecule has 8 nitrogen and oxygen atoms in total. The van der Waals surface area contributed by atoms with Gasteiger partial charge in [0.1, 0.15) is 0 Å². The molecule has 0 radical (unpaired) electrons. The number of amidine groups is 1. The van der Waals surface area contributed by atoms with Gasteiger partial charge in [0.15, 0.2) is 17.3 Å². The average Bonchev–Trinajstić information content (AvgIpc) is 2.84. The highest BCUT2D eigenvalue weighted by Crippen LogP contribution is 2.18. The fraction of sp³-hybridized carbons (Fsp3) is 0.231. The Bertz CT molecular complexity index is 693. The maximum atomic E-state index is 10.9. The van der Waals surface area contributed by atoms with Gasteiger partial charge in [-0.2, -0.15) is 5.48 Å². The number of aryl methyl sites for hydroxylation is 2. The smallest absolute Gasteiger partial charge is 0.329 e. The Kier molecular flexibility index (Phi) is 4.17. The summed E-state index contributed by atoms with van der Waals surface area (Å²) in [6.45, 7) is 5.23. The van der Waals surface area contributed by atoms with E-state index in [1.807, 2.05) is 32.0 Å². The van der Waals surface area contributed by atoms with Gasteiger partial charge in [0.25, 0.3) is 0 Å². The second kappa shape index (κ2) is 6.04. The van der Waals surface area contributed by atoms with Crippen LogP contribution in [0, 0.1) is 13.8 Å². The maximum Gasteiger partial charge on any atom is 0.329 e. The van der Waals surface area contributed by atoms with Gasteiger partial charge in [-0.1, -0.05) is 6.07 Å². The monoisotopic (exact) mass is 289 g/mol. The predicted molar refractivity (Wildman–Crippen MR) is 75.7 cm³/mol. The van der Waals surface area contributed by atoms with Crippen LogP contribution in [-0.2, 0) is 9.63 Å². The molecular formula is C13H15N5O3. The molecular weight excluding hydrogens is 274 g/mol. The van der Waals surface area contributed by atoms with Crippen LogP contribution >= 0.6 is 0 Å². The topological polar surface area (TPSA) is 116 Å². The molecule has 0 fully saturated rings. The molecule has 110 valence electrons. The van der Waals surface area contributed by atoms with Crippen LogP contribution in [0.4, 0.5) is 11.5 Å². The van der Waals surface area contributed by atoms with E-state index < -0.39 is 5.97 Å². The highest BCUT2D eigenvalue weighted by Gasteiger charge is 2.15. The summed E-state index contributed by atoms with van der Waals surface area (Å²) in [5, 5.41) is 7.10. The molecule has 1 aromatic carbocycles. The number of nitrogens with one attached hydrogen (secondary N) is 1. The molecule has 0 unspecified atom stereocenters. The summed E-state index contributed by atoms with van der Waals surface area (Å²) >= 11 is 0. The van der Waals surface area contributed by atoms with Gasteiger partial charge in [-0.15, -0.1) is 0 Å². The van der Waals surface area contributed by atoms with E-state index in [1.165, 1.54) is 6.92 Å². The number of nitrogens with zero attached hydrogens (tertiary/aromatic N) is 3. The van der Waals surface area contributed by atoms with Crippen molar-refractivity contribution in [2.24, 2.45) is 4.99 Å². The molecule has 0 aliphatic heterocycles. The van der Waals surface area contributed by atoms with E-state index in [0.29, 0.717) is 5.69 Å². The standard InChI is InChI=1S/C13H15N5O3/c1-7-4-5-10(6-8(7)2)15-13(18-20-9(3)19)11-12(14)17-21-16-11/h4-6H,1-3H3,(H2,14,17)(H,15,18). The van der Waals surface area contributed by atoms with Gasteiger partial charge in [-0.3, -0.25) is 4.79 Å². The number of nitrogen functional groups attached to an aromatic ring is 1. The number of aromatic nitrogens is 2. The molecule has 1 heterocycles. The van der Waals surface area contributed by atoms with Crippen molar-refractivity contribution in [3.8, 4) is 0 Å². The van der Waals surface area contributed by atoms with Gasteiger partial charge in [0.2, 0.25) is 0 Å². The number of rotatable bonds is 2. The predicted octanol–water partition coefficient (Wildman–Crippen LogP) is 1.41. The third-order valence-electron chi connectivity index (χ3n) is 2.76. The van der Waals surface area contributed by atoms with Gasteiger partial charge in [-0.25, -0.2) is 9.62 Å². The van der Waals surface area contributed by atoms with E-state index in [4.69, 9.17) is 10.6 Å². The highest BCUT2D eigenvalue weighted by molar-refractivity contribution is 6.01. The van der Waals surface area contributed by atoms with Crippen LogP contribution in [0.3, 0.4) is 0 Å². The van der Waals surface area contributed by atoms with Crippen LogP contribution in [0.25, 0.3) is 0 Å². The number of hydrogen-bond donors (Lipinski definition) is 2. The van der Waals surface area contributed by atoms with Gasteiger partial charge < -0.3 is 10.6 Å². The largest absolute Gasteiger partial charge is 0.379 e. The Hall–Kier alpha value is -2.90. The molecule has 2 rings (SSSR count). The molecule has 0 amide bonds. The molecule has 0 bridgehead atoms. The lowest BCUT2D eigenvalue weighted by atomic mass is 10.1. The zero-order chi connectivity index (χ0) is 15.4. The first-order chi connectivity index (χ1) is 9.97. The summed E-state index contributed by atoms with van der Waals surface area (Å²) < 4.78 is 4.53. The Morgan fingerprint density at radius 2 is 2.10 bits per heavy atom. The lowest BCUT2D eigenvalue weighted by Gasteiger charge is -2.07. The van der Waals surface area contributed by atoms with E-state index in [1.54, 1.807) is 0 Å². The second-order valence-corrected chi connectivity index (χ2v) is 4.42. The van der Waals surface area contributed by atoms with E-state index >= 15 is 0 Å². The minimum atomic E-state index is -0.530. The number of hydrogen-bond acceptors (Lipinski definition) is 7.